The Morgan fingerprint density at radius 3 is 2.26 bits per heavy atom. The van der Waals surface area contributed by atoms with Gasteiger partial charge >= 0.3 is 6.18 Å². The quantitative estimate of drug-likeness (QED) is 0.533. The van der Waals surface area contributed by atoms with Crippen LogP contribution in [-0.2, 0) is 11.0 Å². The summed E-state index contributed by atoms with van der Waals surface area (Å²) >= 11 is 6.37. The number of benzene rings is 1. The zero-order valence-corrected chi connectivity index (χ0v) is 19.3. The van der Waals surface area contributed by atoms with E-state index in [1.807, 2.05) is 23.6 Å². The lowest BCUT2D eigenvalue weighted by Gasteiger charge is -2.35. The minimum absolute atomic E-state index is 0.0760. The molecule has 1 aliphatic heterocycles. The summed E-state index contributed by atoms with van der Waals surface area (Å²) in [7, 11) is 0. The van der Waals surface area contributed by atoms with Crippen LogP contribution in [0.4, 0.5) is 19.1 Å². The lowest BCUT2D eigenvalue weighted by Crippen LogP contribution is -2.50. The molecule has 11 heteroatoms. The number of carbonyl (C=O) groups is 1. The van der Waals surface area contributed by atoms with Crippen molar-refractivity contribution in [3.63, 3.8) is 0 Å². The van der Waals surface area contributed by atoms with Crippen LogP contribution < -0.4 is 4.90 Å². The van der Waals surface area contributed by atoms with Gasteiger partial charge in [0.2, 0.25) is 11.9 Å². The number of rotatable bonds is 4. The first-order valence-corrected chi connectivity index (χ1v) is 11.1. The monoisotopic (exact) mass is 490 g/mol. The minimum Gasteiger partial charge on any atom is -0.339 e. The highest BCUT2D eigenvalue weighted by molar-refractivity contribution is 6.33. The van der Waals surface area contributed by atoms with Crippen molar-refractivity contribution < 1.29 is 18.0 Å². The van der Waals surface area contributed by atoms with Crippen LogP contribution in [0.1, 0.15) is 19.4 Å². The molecule has 0 atom stereocenters. The summed E-state index contributed by atoms with van der Waals surface area (Å²) in [5.74, 6) is 0.378. The van der Waals surface area contributed by atoms with Crippen LogP contribution in [-0.4, -0.2) is 57.2 Å². The summed E-state index contributed by atoms with van der Waals surface area (Å²) in [5.41, 5.74) is 0.897. The standard InChI is InChI=1S/C23H22ClF3N6O/c1-14(2)21(34)32-9-11-33(12-10-32)22-29-20(17-7-8-28-13-18(17)24)19(30-31-22)15-3-5-16(6-4-15)23(25,26)27/h3-8,13-14H,9-12H2,1-2H3. The van der Waals surface area contributed by atoms with Crippen molar-refractivity contribution in [3.05, 3.63) is 53.3 Å². The lowest BCUT2D eigenvalue weighted by atomic mass is 10.0. The van der Waals surface area contributed by atoms with Crippen LogP contribution in [0.25, 0.3) is 22.5 Å². The topological polar surface area (TPSA) is 75.1 Å². The van der Waals surface area contributed by atoms with Crippen LogP contribution >= 0.6 is 11.6 Å². The Morgan fingerprint density at radius 1 is 1.00 bits per heavy atom. The molecule has 7 nitrogen and oxygen atoms in total. The maximum absolute atomic E-state index is 13.0. The first-order chi connectivity index (χ1) is 16.1. The third kappa shape index (κ3) is 4.96. The van der Waals surface area contributed by atoms with Gasteiger partial charge in [0.1, 0.15) is 11.4 Å². The number of hydrogen-bond donors (Lipinski definition) is 0. The molecule has 34 heavy (non-hydrogen) atoms. The van der Waals surface area contributed by atoms with Gasteiger partial charge in [-0.3, -0.25) is 9.78 Å². The van der Waals surface area contributed by atoms with E-state index in [0.29, 0.717) is 59.7 Å². The molecule has 0 aliphatic carbocycles. The molecule has 2 aromatic heterocycles. The molecule has 1 fully saturated rings. The van der Waals surface area contributed by atoms with Crippen molar-refractivity contribution in [2.75, 3.05) is 31.1 Å². The van der Waals surface area contributed by atoms with E-state index in [-0.39, 0.29) is 11.8 Å². The van der Waals surface area contributed by atoms with E-state index in [0.717, 1.165) is 12.1 Å². The van der Waals surface area contributed by atoms with E-state index in [4.69, 9.17) is 16.6 Å². The summed E-state index contributed by atoms with van der Waals surface area (Å²) in [5, 5.41) is 8.90. The number of pyridine rings is 1. The molecular formula is C23H22ClF3N6O. The second-order valence-corrected chi connectivity index (χ2v) is 8.61. The summed E-state index contributed by atoms with van der Waals surface area (Å²) in [6.45, 7) is 5.87. The number of nitrogens with zero attached hydrogens (tertiary/aromatic N) is 6. The van der Waals surface area contributed by atoms with Crippen molar-refractivity contribution in [2.24, 2.45) is 5.92 Å². The molecule has 1 aliphatic rings. The molecule has 1 amide bonds. The highest BCUT2D eigenvalue weighted by atomic mass is 35.5. The maximum atomic E-state index is 13.0. The number of halogens is 4. The Balaban J connectivity index is 1.69. The molecule has 4 rings (SSSR count). The molecule has 178 valence electrons. The first-order valence-electron chi connectivity index (χ1n) is 10.7. The summed E-state index contributed by atoms with van der Waals surface area (Å²) in [6, 6.07) is 6.33. The van der Waals surface area contributed by atoms with Gasteiger partial charge in [0, 0.05) is 55.6 Å². The van der Waals surface area contributed by atoms with Gasteiger partial charge in [0.05, 0.1) is 10.6 Å². The Labute approximate surface area is 199 Å². The van der Waals surface area contributed by atoms with Gasteiger partial charge in [-0.2, -0.15) is 13.2 Å². The molecule has 0 bridgehead atoms. The fraction of sp³-hybridized carbons (Fsp3) is 0.348. The Bertz CT molecular complexity index is 1180. The van der Waals surface area contributed by atoms with E-state index < -0.39 is 11.7 Å². The predicted molar refractivity (Wildman–Crippen MR) is 122 cm³/mol. The van der Waals surface area contributed by atoms with Gasteiger partial charge < -0.3 is 9.80 Å². The summed E-state index contributed by atoms with van der Waals surface area (Å²) in [6.07, 6.45) is -1.43. The fourth-order valence-electron chi connectivity index (χ4n) is 3.71. The molecule has 0 spiro atoms. The molecule has 1 saturated heterocycles. The number of carbonyl (C=O) groups excluding carboxylic acids is 1. The van der Waals surface area contributed by atoms with Crippen LogP contribution in [0.5, 0.6) is 0 Å². The Morgan fingerprint density at radius 2 is 1.68 bits per heavy atom. The first kappa shape index (κ1) is 23.9. The van der Waals surface area contributed by atoms with E-state index in [2.05, 4.69) is 15.2 Å². The van der Waals surface area contributed by atoms with Gasteiger partial charge in [-0.1, -0.05) is 37.6 Å². The van der Waals surface area contributed by atoms with E-state index in [9.17, 15) is 18.0 Å². The Hall–Kier alpha value is -3.27. The zero-order valence-electron chi connectivity index (χ0n) is 18.6. The number of alkyl halides is 3. The van der Waals surface area contributed by atoms with Gasteiger partial charge in [0.25, 0.3) is 0 Å². The number of aromatic nitrogens is 4. The smallest absolute Gasteiger partial charge is 0.339 e. The van der Waals surface area contributed by atoms with Gasteiger partial charge in [0.15, 0.2) is 0 Å². The average molecular weight is 491 g/mol. The molecule has 1 aromatic carbocycles. The van der Waals surface area contributed by atoms with Gasteiger partial charge in [-0.25, -0.2) is 4.98 Å². The second-order valence-electron chi connectivity index (χ2n) is 8.21. The third-order valence-electron chi connectivity index (χ3n) is 5.56. The molecule has 0 radical (unpaired) electrons. The fourth-order valence-corrected chi connectivity index (χ4v) is 3.92. The van der Waals surface area contributed by atoms with Crippen molar-refractivity contribution in [3.8, 4) is 22.5 Å². The molecule has 3 heterocycles. The van der Waals surface area contributed by atoms with Crippen LogP contribution in [0.3, 0.4) is 0 Å². The lowest BCUT2D eigenvalue weighted by molar-refractivity contribution is -0.137. The van der Waals surface area contributed by atoms with E-state index in [1.165, 1.54) is 18.3 Å². The third-order valence-corrected chi connectivity index (χ3v) is 5.86. The van der Waals surface area contributed by atoms with Crippen molar-refractivity contribution in [1.29, 1.82) is 0 Å². The molecule has 3 aromatic rings. The molecule has 0 N–H and O–H groups in total. The zero-order chi connectivity index (χ0) is 24.5. The Kier molecular flexibility index (Phi) is 6.70. The SMILES string of the molecule is CC(C)C(=O)N1CCN(c2nnc(-c3ccc(C(F)(F)F)cc3)c(-c3ccncc3Cl)n2)CC1. The van der Waals surface area contributed by atoms with E-state index >= 15 is 0 Å². The van der Waals surface area contributed by atoms with Crippen LogP contribution in [0, 0.1) is 5.92 Å². The van der Waals surface area contributed by atoms with Crippen LogP contribution in [0.15, 0.2) is 42.7 Å². The van der Waals surface area contributed by atoms with Gasteiger partial charge in [-0.15, -0.1) is 10.2 Å². The average Bonchev–Trinajstić information content (AvgIpc) is 2.83. The minimum atomic E-state index is -4.44. The van der Waals surface area contributed by atoms with Gasteiger partial charge in [-0.05, 0) is 18.2 Å². The highest BCUT2D eigenvalue weighted by Gasteiger charge is 2.30. The summed E-state index contributed by atoms with van der Waals surface area (Å²) in [4.78, 5) is 24.7. The normalized spacial score (nSPS) is 14.6. The molecular weight excluding hydrogens is 469 g/mol. The predicted octanol–water partition coefficient (Wildman–Crippen LogP) is 4.58. The van der Waals surface area contributed by atoms with Crippen molar-refractivity contribution in [1.82, 2.24) is 25.1 Å². The van der Waals surface area contributed by atoms with Crippen molar-refractivity contribution in [2.45, 2.75) is 20.0 Å². The number of amides is 1. The summed E-state index contributed by atoms with van der Waals surface area (Å²) < 4.78 is 39.0. The second kappa shape index (κ2) is 9.54. The van der Waals surface area contributed by atoms with Crippen LogP contribution in [0.2, 0.25) is 5.02 Å². The van der Waals surface area contributed by atoms with E-state index in [1.54, 1.807) is 12.3 Å². The number of piperazine rings is 1. The van der Waals surface area contributed by atoms with Crippen molar-refractivity contribution >= 4 is 23.5 Å². The largest absolute Gasteiger partial charge is 0.416 e. The maximum Gasteiger partial charge on any atom is 0.416 e. The number of hydrogen-bond acceptors (Lipinski definition) is 6. The highest BCUT2D eigenvalue weighted by Crippen LogP contribution is 2.35. The molecule has 0 unspecified atom stereocenters. The molecule has 0 saturated carbocycles. The number of anilines is 1.